The first-order valence-electron chi connectivity index (χ1n) is 8.23. The minimum absolute atomic E-state index is 0.309. The van der Waals surface area contributed by atoms with E-state index >= 15 is 0 Å². The zero-order valence-electron chi connectivity index (χ0n) is 14.2. The Hall–Kier alpha value is -2.97. The number of para-hydroxylation sites is 1. The fraction of sp³-hybridized carbons (Fsp3) is 0.278. The second-order valence-electron chi connectivity index (χ2n) is 5.93. The van der Waals surface area contributed by atoms with Gasteiger partial charge in [-0.05, 0) is 36.4 Å². The van der Waals surface area contributed by atoms with Crippen molar-refractivity contribution in [3.05, 3.63) is 54.3 Å². The molecule has 1 aliphatic rings. The van der Waals surface area contributed by atoms with Crippen molar-refractivity contribution in [2.45, 2.75) is 6.36 Å². The highest BCUT2D eigenvalue weighted by Crippen LogP contribution is 2.24. The standard InChI is InChI=1S/C18H17F4N3O2/c19-15-3-1-2-4-16(15)24-9-11-25(12-10-24)17(26)23-13-5-7-14(8-6-13)27-18(20,21)22/h1-8H,9-12H2,(H,23,26). The number of alkyl halides is 3. The van der Waals surface area contributed by atoms with Crippen LogP contribution in [0, 0.1) is 5.82 Å². The number of hydrogen-bond acceptors (Lipinski definition) is 3. The molecule has 1 N–H and O–H groups in total. The molecule has 0 radical (unpaired) electrons. The third kappa shape index (κ3) is 5.02. The molecule has 2 aromatic rings. The molecule has 144 valence electrons. The zero-order valence-corrected chi connectivity index (χ0v) is 14.2. The van der Waals surface area contributed by atoms with Crippen molar-refractivity contribution in [1.29, 1.82) is 0 Å². The van der Waals surface area contributed by atoms with Gasteiger partial charge in [0.2, 0.25) is 0 Å². The van der Waals surface area contributed by atoms with Crippen LogP contribution >= 0.6 is 0 Å². The van der Waals surface area contributed by atoms with Gasteiger partial charge in [0.05, 0.1) is 5.69 Å². The van der Waals surface area contributed by atoms with Crippen molar-refractivity contribution < 1.29 is 27.1 Å². The van der Waals surface area contributed by atoms with Gasteiger partial charge in [-0.1, -0.05) is 12.1 Å². The molecule has 0 aromatic heterocycles. The molecule has 1 heterocycles. The molecule has 0 aliphatic carbocycles. The molecule has 2 aromatic carbocycles. The van der Waals surface area contributed by atoms with E-state index in [-0.39, 0.29) is 17.6 Å². The molecular formula is C18H17F4N3O2. The third-order valence-corrected chi connectivity index (χ3v) is 4.10. The Morgan fingerprint density at radius 1 is 0.963 bits per heavy atom. The van der Waals surface area contributed by atoms with Crippen molar-refractivity contribution >= 4 is 17.4 Å². The van der Waals surface area contributed by atoms with Gasteiger partial charge >= 0.3 is 12.4 Å². The number of urea groups is 1. The number of benzene rings is 2. The predicted octanol–water partition coefficient (Wildman–Crippen LogP) is 4.08. The molecule has 27 heavy (non-hydrogen) atoms. The van der Waals surface area contributed by atoms with E-state index in [1.165, 1.54) is 18.2 Å². The largest absolute Gasteiger partial charge is 0.573 e. The predicted molar refractivity (Wildman–Crippen MR) is 92.3 cm³/mol. The normalized spacial score (nSPS) is 14.8. The number of nitrogens with one attached hydrogen (secondary N) is 1. The summed E-state index contributed by atoms with van der Waals surface area (Å²) in [6.45, 7) is 1.75. The van der Waals surface area contributed by atoms with Gasteiger partial charge in [0, 0.05) is 31.9 Å². The number of rotatable bonds is 3. The topological polar surface area (TPSA) is 44.8 Å². The van der Waals surface area contributed by atoms with Gasteiger partial charge in [0.25, 0.3) is 0 Å². The smallest absolute Gasteiger partial charge is 0.406 e. The Balaban J connectivity index is 1.53. The number of amides is 2. The summed E-state index contributed by atoms with van der Waals surface area (Å²) in [5.41, 5.74) is 0.851. The Labute approximate surface area is 153 Å². The Kier molecular flexibility index (Phi) is 5.38. The summed E-state index contributed by atoms with van der Waals surface area (Å²) >= 11 is 0. The maximum absolute atomic E-state index is 13.8. The molecule has 1 fully saturated rings. The summed E-state index contributed by atoms with van der Waals surface area (Å²) < 4.78 is 54.1. The Morgan fingerprint density at radius 2 is 1.59 bits per heavy atom. The lowest BCUT2D eigenvalue weighted by molar-refractivity contribution is -0.274. The fourth-order valence-electron chi connectivity index (χ4n) is 2.80. The van der Waals surface area contributed by atoms with E-state index < -0.39 is 6.36 Å². The first-order chi connectivity index (χ1) is 12.8. The van der Waals surface area contributed by atoms with Crippen LogP contribution in [0.2, 0.25) is 0 Å². The highest BCUT2D eigenvalue weighted by atomic mass is 19.4. The minimum atomic E-state index is -4.76. The van der Waals surface area contributed by atoms with Gasteiger partial charge in [-0.2, -0.15) is 0 Å². The van der Waals surface area contributed by atoms with Crippen LogP contribution < -0.4 is 15.0 Å². The molecule has 3 rings (SSSR count). The lowest BCUT2D eigenvalue weighted by Crippen LogP contribution is -2.50. The number of carbonyl (C=O) groups excluding carboxylic acids is 1. The molecule has 9 heteroatoms. The van der Waals surface area contributed by atoms with Crippen LogP contribution in [0.25, 0.3) is 0 Å². The number of hydrogen-bond donors (Lipinski definition) is 1. The van der Waals surface area contributed by atoms with Gasteiger partial charge in [-0.15, -0.1) is 13.2 Å². The van der Waals surface area contributed by atoms with Gasteiger partial charge in [-0.3, -0.25) is 0 Å². The van der Waals surface area contributed by atoms with Crippen LogP contribution in [0.3, 0.4) is 0 Å². The first kappa shape index (κ1) is 18.8. The molecule has 0 atom stereocenters. The number of carbonyl (C=O) groups is 1. The monoisotopic (exact) mass is 383 g/mol. The van der Waals surface area contributed by atoms with Crippen LogP contribution in [-0.2, 0) is 0 Å². The van der Waals surface area contributed by atoms with Crippen LogP contribution in [-0.4, -0.2) is 43.5 Å². The van der Waals surface area contributed by atoms with E-state index in [1.807, 2.05) is 4.90 Å². The maximum Gasteiger partial charge on any atom is 0.573 e. The molecule has 2 amide bonds. The molecule has 1 saturated heterocycles. The van der Waals surface area contributed by atoms with Crippen molar-refractivity contribution in [2.24, 2.45) is 0 Å². The summed E-state index contributed by atoms with van der Waals surface area (Å²) in [4.78, 5) is 15.7. The van der Waals surface area contributed by atoms with Crippen LogP contribution in [0.4, 0.5) is 33.7 Å². The van der Waals surface area contributed by atoms with Gasteiger partial charge in [-0.25, -0.2) is 9.18 Å². The Bertz CT molecular complexity index is 788. The number of nitrogens with zero attached hydrogens (tertiary/aromatic N) is 2. The molecule has 0 saturated carbocycles. The SMILES string of the molecule is O=C(Nc1ccc(OC(F)(F)F)cc1)N1CCN(c2ccccc2F)CC1. The second-order valence-corrected chi connectivity index (χ2v) is 5.93. The quantitative estimate of drug-likeness (QED) is 0.813. The van der Waals surface area contributed by atoms with Crippen LogP contribution in [0.15, 0.2) is 48.5 Å². The highest BCUT2D eigenvalue weighted by molar-refractivity contribution is 5.89. The van der Waals surface area contributed by atoms with Crippen LogP contribution in [0.5, 0.6) is 5.75 Å². The summed E-state index contributed by atoms with van der Waals surface area (Å²) in [6, 6.07) is 11.0. The summed E-state index contributed by atoms with van der Waals surface area (Å²) in [7, 11) is 0. The van der Waals surface area contributed by atoms with E-state index in [2.05, 4.69) is 10.1 Å². The summed E-state index contributed by atoms with van der Waals surface area (Å²) in [5.74, 6) is -0.671. The van der Waals surface area contributed by atoms with E-state index in [0.717, 1.165) is 12.1 Å². The zero-order chi connectivity index (χ0) is 19.4. The number of anilines is 2. The molecule has 1 aliphatic heterocycles. The first-order valence-corrected chi connectivity index (χ1v) is 8.23. The molecule has 5 nitrogen and oxygen atoms in total. The van der Waals surface area contributed by atoms with E-state index in [0.29, 0.717) is 37.6 Å². The summed E-state index contributed by atoms with van der Waals surface area (Å²) in [6.07, 6.45) is -4.76. The van der Waals surface area contributed by atoms with Crippen molar-refractivity contribution in [1.82, 2.24) is 4.90 Å². The van der Waals surface area contributed by atoms with Crippen molar-refractivity contribution in [3.63, 3.8) is 0 Å². The van der Waals surface area contributed by atoms with Gasteiger partial charge < -0.3 is 19.9 Å². The van der Waals surface area contributed by atoms with Gasteiger partial charge in [0.1, 0.15) is 11.6 Å². The average Bonchev–Trinajstić information content (AvgIpc) is 2.63. The van der Waals surface area contributed by atoms with Crippen LogP contribution in [0.1, 0.15) is 0 Å². The second kappa shape index (κ2) is 7.73. The average molecular weight is 383 g/mol. The lowest BCUT2D eigenvalue weighted by Gasteiger charge is -2.36. The van der Waals surface area contributed by atoms with E-state index in [1.54, 1.807) is 23.1 Å². The van der Waals surface area contributed by atoms with Gasteiger partial charge in [0.15, 0.2) is 0 Å². The summed E-state index contributed by atoms with van der Waals surface area (Å²) in [5, 5.41) is 2.63. The Morgan fingerprint density at radius 3 is 2.19 bits per heavy atom. The third-order valence-electron chi connectivity index (χ3n) is 4.10. The molecular weight excluding hydrogens is 366 g/mol. The highest BCUT2D eigenvalue weighted by Gasteiger charge is 2.31. The number of halogens is 4. The minimum Gasteiger partial charge on any atom is -0.406 e. The van der Waals surface area contributed by atoms with E-state index in [9.17, 15) is 22.4 Å². The lowest BCUT2D eigenvalue weighted by atomic mass is 10.2. The number of ether oxygens (including phenoxy) is 1. The van der Waals surface area contributed by atoms with E-state index in [4.69, 9.17) is 0 Å². The molecule has 0 bridgehead atoms. The maximum atomic E-state index is 13.8. The molecule has 0 spiro atoms. The van der Waals surface area contributed by atoms with Crippen molar-refractivity contribution in [3.8, 4) is 5.75 Å². The van der Waals surface area contributed by atoms with Crippen molar-refractivity contribution in [2.75, 3.05) is 36.4 Å². The fourth-order valence-corrected chi connectivity index (χ4v) is 2.80. The number of piperazine rings is 1. The molecule has 0 unspecified atom stereocenters.